The summed E-state index contributed by atoms with van der Waals surface area (Å²) >= 11 is 0. The van der Waals surface area contributed by atoms with Gasteiger partial charge in [0.25, 0.3) is 0 Å². The lowest BCUT2D eigenvalue weighted by molar-refractivity contribution is -0.126. The molecular weight excluding hydrogens is 346 g/mol. The average molecular weight is 369 g/mol. The molecule has 2 N–H and O–H groups in total. The van der Waals surface area contributed by atoms with Crippen molar-refractivity contribution in [2.45, 2.75) is 20.3 Å². The molecule has 0 fully saturated rings. The highest BCUT2D eigenvalue weighted by Crippen LogP contribution is 2.27. The first-order valence-corrected chi connectivity index (χ1v) is 8.68. The number of carbonyl (C=O) groups excluding carboxylic acids is 2. The fourth-order valence-electron chi connectivity index (χ4n) is 2.24. The van der Waals surface area contributed by atoms with Crippen LogP contribution in [0.25, 0.3) is 0 Å². The molecule has 0 unspecified atom stereocenters. The monoisotopic (exact) mass is 369 g/mol. The Kier molecular flexibility index (Phi) is 7.84. The largest absolute Gasteiger partial charge is 0.490 e. The molecule has 0 atom stereocenters. The minimum atomic E-state index is -0.504. The van der Waals surface area contributed by atoms with E-state index in [9.17, 15) is 9.59 Å². The second-order valence-corrected chi connectivity index (χ2v) is 5.46. The van der Waals surface area contributed by atoms with Gasteiger partial charge in [-0.05, 0) is 49.7 Å². The molecule has 27 heavy (non-hydrogen) atoms. The zero-order chi connectivity index (χ0) is 19.5. The molecule has 0 spiro atoms. The Bertz CT molecular complexity index is 791. The Labute approximate surface area is 158 Å². The second kappa shape index (κ2) is 10.6. The molecule has 0 saturated carbocycles. The molecule has 0 bridgehead atoms. The van der Waals surface area contributed by atoms with Crippen molar-refractivity contribution in [1.82, 2.24) is 5.43 Å². The number of benzene rings is 2. The van der Waals surface area contributed by atoms with Gasteiger partial charge in [-0.2, -0.15) is 5.10 Å². The summed E-state index contributed by atoms with van der Waals surface area (Å²) in [5.74, 6) is 0.347. The molecule has 2 rings (SSSR count). The number of anilines is 1. The Morgan fingerprint density at radius 2 is 1.67 bits per heavy atom. The molecule has 7 heteroatoms. The van der Waals surface area contributed by atoms with Crippen molar-refractivity contribution in [2.75, 3.05) is 18.5 Å². The highest BCUT2D eigenvalue weighted by Gasteiger charge is 2.09. The Hall–Kier alpha value is -3.35. The maximum atomic E-state index is 11.8. The number of amides is 2. The molecule has 0 aliphatic rings. The predicted octanol–water partition coefficient (Wildman–Crippen LogP) is 2.96. The Morgan fingerprint density at radius 1 is 0.963 bits per heavy atom. The summed E-state index contributed by atoms with van der Waals surface area (Å²) in [6.07, 6.45) is 1.16. The van der Waals surface area contributed by atoms with Gasteiger partial charge in [-0.3, -0.25) is 9.59 Å². The summed E-state index contributed by atoms with van der Waals surface area (Å²) in [6.45, 7) is 4.83. The normalized spacial score (nSPS) is 10.4. The molecule has 2 amide bonds. The number of nitrogens with one attached hydrogen (secondary N) is 2. The maximum absolute atomic E-state index is 11.8. The van der Waals surface area contributed by atoms with Crippen molar-refractivity contribution < 1.29 is 19.1 Å². The standard InChI is InChI=1S/C20H23N3O4/c1-3-26-17-11-10-15(12-18(17)27-4-2)14-21-23-20(25)13-19(24)22-16-8-6-5-7-9-16/h5-12,14H,3-4,13H2,1-2H3,(H,22,24)(H,23,25). The van der Waals surface area contributed by atoms with Crippen LogP contribution < -0.4 is 20.2 Å². The quantitative estimate of drug-likeness (QED) is 0.404. The van der Waals surface area contributed by atoms with Gasteiger partial charge in [0, 0.05) is 5.69 Å². The molecule has 2 aromatic carbocycles. The molecule has 0 heterocycles. The second-order valence-electron chi connectivity index (χ2n) is 5.46. The van der Waals surface area contributed by atoms with Gasteiger partial charge in [0.05, 0.1) is 19.4 Å². The molecule has 0 radical (unpaired) electrons. The average Bonchev–Trinajstić information content (AvgIpc) is 2.65. The summed E-state index contributed by atoms with van der Waals surface area (Å²) in [5, 5.41) is 6.52. The van der Waals surface area contributed by atoms with Crippen molar-refractivity contribution in [3.8, 4) is 11.5 Å². The zero-order valence-electron chi connectivity index (χ0n) is 15.4. The first-order valence-electron chi connectivity index (χ1n) is 8.68. The number of hydrazone groups is 1. The summed E-state index contributed by atoms with van der Waals surface area (Å²) < 4.78 is 11.0. The van der Waals surface area contributed by atoms with Crippen LogP contribution in [-0.4, -0.2) is 31.2 Å². The first kappa shape index (κ1) is 20.0. The molecule has 0 aliphatic carbocycles. The number of nitrogens with zero attached hydrogens (tertiary/aromatic N) is 1. The van der Waals surface area contributed by atoms with Gasteiger partial charge >= 0.3 is 0 Å². The third kappa shape index (κ3) is 6.81. The van der Waals surface area contributed by atoms with Gasteiger partial charge < -0.3 is 14.8 Å². The minimum absolute atomic E-state index is 0.320. The first-order chi connectivity index (χ1) is 13.1. The van der Waals surface area contributed by atoms with Gasteiger partial charge in [-0.15, -0.1) is 0 Å². The van der Waals surface area contributed by atoms with Crippen LogP contribution in [0.5, 0.6) is 11.5 Å². The van der Waals surface area contributed by atoms with Gasteiger partial charge in [-0.25, -0.2) is 5.43 Å². The lowest BCUT2D eigenvalue weighted by Gasteiger charge is -2.11. The van der Waals surface area contributed by atoms with Crippen LogP contribution in [0, 0.1) is 0 Å². The summed E-state index contributed by atoms with van der Waals surface area (Å²) in [6, 6.07) is 14.3. The minimum Gasteiger partial charge on any atom is -0.490 e. The lowest BCUT2D eigenvalue weighted by atomic mass is 10.2. The van der Waals surface area contributed by atoms with E-state index in [1.807, 2.05) is 19.9 Å². The Morgan fingerprint density at radius 3 is 2.37 bits per heavy atom. The van der Waals surface area contributed by atoms with Crippen LogP contribution in [0.1, 0.15) is 25.8 Å². The van der Waals surface area contributed by atoms with E-state index in [1.54, 1.807) is 42.5 Å². The van der Waals surface area contributed by atoms with Crippen LogP contribution in [-0.2, 0) is 9.59 Å². The van der Waals surface area contributed by atoms with Gasteiger partial charge in [0.15, 0.2) is 11.5 Å². The van der Waals surface area contributed by atoms with E-state index in [-0.39, 0.29) is 6.42 Å². The van der Waals surface area contributed by atoms with E-state index >= 15 is 0 Å². The van der Waals surface area contributed by atoms with E-state index in [1.165, 1.54) is 6.21 Å². The Balaban J connectivity index is 1.87. The van der Waals surface area contributed by atoms with Crippen LogP contribution in [0.2, 0.25) is 0 Å². The van der Waals surface area contributed by atoms with Crippen molar-refractivity contribution >= 4 is 23.7 Å². The molecule has 2 aromatic rings. The highest BCUT2D eigenvalue weighted by atomic mass is 16.5. The van der Waals surface area contributed by atoms with E-state index in [2.05, 4.69) is 15.8 Å². The smallest absolute Gasteiger partial charge is 0.249 e. The van der Waals surface area contributed by atoms with Crippen LogP contribution >= 0.6 is 0 Å². The third-order valence-electron chi connectivity index (χ3n) is 3.35. The van der Waals surface area contributed by atoms with Gasteiger partial charge in [-0.1, -0.05) is 18.2 Å². The SMILES string of the molecule is CCOc1ccc(C=NNC(=O)CC(=O)Nc2ccccc2)cc1OCC. The molecule has 0 aliphatic heterocycles. The van der Waals surface area contributed by atoms with Crippen LogP contribution in [0.3, 0.4) is 0 Å². The molecular formula is C20H23N3O4. The van der Waals surface area contributed by atoms with E-state index < -0.39 is 11.8 Å². The van der Waals surface area contributed by atoms with E-state index in [0.717, 1.165) is 5.56 Å². The fraction of sp³-hybridized carbons (Fsp3) is 0.250. The van der Waals surface area contributed by atoms with Crippen molar-refractivity contribution in [1.29, 1.82) is 0 Å². The lowest BCUT2D eigenvalue weighted by Crippen LogP contribution is -2.24. The van der Waals surface area contributed by atoms with Crippen molar-refractivity contribution in [2.24, 2.45) is 5.10 Å². The van der Waals surface area contributed by atoms with Crippen LogP contribution in [0.4, 0.5) is 5.69 Å². The molecule has 0 saturated heterocycles. The third-order valence-corrected chi connectivity index (χ3v) is 3.35. The highest BCUT2D eigenvalue weighted by molar-refractivity contribution is 6.03. The molecule has 7 nitrogen and oxygen atoms in total. The number of hydrogen-bond acceptors (Lipinski definition) is 5. The summed E-state index contributed by atoms with van der Waals surface area (Å²) in [7, 11) is 0. The van der Waals surface area contributed by atoms with E-state index in [4.69, 9.17) is 9.47 Å². The van der Waals surface area contributed by atoms with Crippen molar-refractivity contribution in [3.63, 3.8) is 0 Å². The number of ether oxygens (including phenoxy) is 2. The number of carbonyl (C=O) groups is 2. The maximum Gasteiger partial charge on any atom is 0.249 e. The predicted molar refractivity (Wildman–Crippen MR) is 104 cm³/mol. The number of para-hydroxylation sites is 1. The summed E-state index contributed by atoms with van der Waals surface area (Å²) in [4.78, 5) is 23.6. The zero-order valence-corrected chi connectivity index (χ0v) is 15.4. The molecule has 0 aromatic heterocycles. The number of hydrogen-bond donors (Lipinski definition) is 2. The molecule has 142 valence electrons. The summed E-state index contributed by atoms with van der Waals surface area (Å²) in [5.41, 5.74) is 3.70. The van der Waals surface area contributed by atoms with E-state index in [0.29, 0.717) is 30.4 Å². The van der Waals surface area contributed by atoms with Gasteiger partial charge in [0.1, 0.15) is 6.42 Å². The van der Waals surface area contributed by atoms with Gasteiger partial charge in [0.2, 0.25) is 11.8 Å². The van der Waals surface area contributed by atoms with Crippen molar-refractivity contribution in [3.05, 3.63) is 54.1 Å². The van der Waals surface area contributed by atoms with Crippen LogP contribution in [0.15, 0.2) is 53.6 Å². The topological polar surface area (TPSA) is 89.0 Å². The number of rotatable bonds is 9. The fourth-order valence-corrected chi connectivity index (χ4v) is 2.24.